The number of carbonyl (C=O) groups excluding carboxylic acids is 1. The summed E-state index contributed by atoms with van der Waals surface area (Å²) < 4.78 is 5.62. The molecule has 0 saturated heterocycles. The van der Waals surface area contributed by atoms with E-state index in [1.54, 1.807) is 12.3 Å². The lowest BCUT2D eigenvalue weighted by Crippen LogP contribution is -2.21. The highest BCUT2D eigenvalue weighted by Crippen LogP contribution is 2.31. The Hall–Kier alpha value is -1.09. The molecular formula is C16H24ClNO2. The highest BCUT2D eigenvalue weighted by Gasteiger charge is 2.26. The van der Waals surface area contributed by atoms with E-state index in [0.717, 1.165) is 6.42 Å². The van der Waals surface area contributed by atoms with E-state index in [2.05, 4.69) is 25.8 Å². The molecule has 0 aliphatic rings. The van der Waals surface area contributed by atoms with Crippen LogP contribution in [0.1, 0.15) is 58.3 Å². The molecule has 0 amide bonds. The Morgan fingerprint density at radius 2 is 1.85 bits per heavy atom. The summed E-state index contributed by atoms with van der Waals surface area (Å²) in [7, 11) is 0. The Labute approximate surface area is 126 Å². The van der Waals surface area contributed by atoms with Gasteiger partial charge in [0.1, 0.15) is 5.02 Å². The first-order valence-corrected chi connectivity index (χ1v) is 7.22. The predicted molar refractivity (Wildman–Crippen MR) is 82.6 cm³/mol. The van der Waals surface area contributed by atoms with Gasteiger partial charge in [0.2, 0.25) is 5.88 Å². The Morgan fingerprint density at radius 3 is 2.35 bits per heavy atom. The molecule has 0 N–H and O–H groups in total. The number of halogens is 1. The number of hydrogen-bond acceptors (Lipinski definition) is 3. The molecule has 0 atom stereocenters. The van der Waals surface area contributed by atoms with Gasteiger partial charge in [0.25, 0.3) is 0 Å². The summed E-state index contributed by atoms with van der Waals surface area (Å²) in [4.78, 5) is 16.4. The zero-order valence-corrected chi connectivity index (χ0v) is 14.0. The van der Waals surface area contributed by atoms with E-state index in [-0.39, 0.29) is 11.2 Å². The number of hydrogen-bond donors (Lipinski definition) is 0. The number of carbonyl (C=O) groups is 1. The van der Waals surface area contributed by atoms with Crippen LogP contribution in [-0.4, -0.2) is 17.4 Å². The molecule has 0 aliphatic heterocycles. The first kappa shape index (κ1) is 17.0. The fourth-order valence-electron chi connectivity index (χ4n) is 1.56. The molecule has 112 valence electrons. The van der Waals surface area contributed by atoms with Gasteiger partial charge in [-0.25, -0.2) is 4.98 Å². The van der Waals surface area contributed by atoms with Crippen molar-refractivity contribution in [3.05, 3.63) is 22.8 Å². The second-order valence-electron chi connectivity index (χ2n) is 7.22. The van der Waals surface area contributed by atoms with Crippen molar-refractivity contribution in [2.24, 2.45) is 10.8 Å². The van der Waals surface area contributed by atoms with E-state index in [9.17, 15) is 4.79 Å². The van der Waals surface area contributed by atoms with Crippen molar-refractivity contribution in [3.63, 3.8) is 0 Å². The number of aromatic nitrogens is 1. The topological polar surface area (TPSA) is 39.2 Å². The van der Waals surface area contributed by atoms with Gasteiger partial charge in [-0.15, -0.1) is 0 Å². The Morgan fingerprint density at radius 1 is 1.25 bits per heavy atom. The molecule has 1 aromatic rings. The standard InChI is InChI=1S/C16H24ClNO2/c1-15(2,3)8-10-20-14-12(17)11(7-9-18-14)13(19)16(4,5)6/h7,9H,8,10H2,1-6H3. The zero-order chi connectivity index (χ0) is 15.6. The minimum atomic E-state index is -0.478. The molecule has 0 bridgehead atoms. The molecular weight excluding hydrogens is 274 g/mol. The van der Waals surface area contributed by atoms with Gasteiger partial charge in [0.15, 0.2) is 5.78 Å². The number of nitrogens with zero attached hydrogens (tertiary/aromatic N) is 1. The van der Waals surface area contributed by atoms with Crippen molar-refractivity contribution < 1.29 is 9.53 Å². The fourth-order valence-corrected chi connectivity index (χ4v) is 1.81. The van der Waals surface area contributed by atoms with Crippen molar-refractivity contribution >= 4 is 17.4 Å². The van der Waals surface area contributed by atoms with E-state index >= 15 is 0 Å². The van der Waals surface area contributed by atoms with Crippen LogP contribution in [0, 0.1) is 10.8 Å². The third kappa shape index (κ3) is 4.78. The van der Waals surface area contributed by atoms with E-state index in [1.807, 2.05) is 20.8 Å². The van der Waals surface area contributed by atoms with Crippen LogP contribution in [0.5, 0.6) is 5.88 Å². The van der Waals surface area contributed by atoms with Crippen molar-refractivity contribution in [1.29, 1.82) is 0 Å². The average Bonchev–Trinajstić information content (AvgIpc) is 2.28. The Bertz CT molecular complexity index is 484. The van der Waals surface area contributed by atoms with Crippen molar-refractivity contribution in [1.82, 2.24) is 4.98 Å². The molecule has 0 spiro atoms. The molecule has 0 aliphatic carbocycles. The summed E-state index contributed by atoms with van der Waals surface area (Å²) in [6.07, 6.45) is 2.46. The maximum absolute atomic E-state index is 12.3. The van der Waals surface area contributed by atoms with Crippen LogP contribution in [0.4, 0.5) is 0 Å². The summed E-state index contributed by atoms with van der Waals surface area (Å²) in [5, 5.41) is 0.307. The molecule has 1 heterocycles. The molecule has 0 saturated carbocycles. The van der Waals surface area contributed by atoms with Gasteiger partial charge >= 0.3 is 0 Å². The normalized spacial score (nSPS) is 12.3. The van der Waals surface area contributed by atoms with Crippen LogP contribution in [0.15, 0.2) is 12.3 Å². The highest BCUT2D eigenvalue weighted by molar-refractivity contribution is 6.35. The van der Waals surface area contributed by atoms with Crippen LogP contribution in [0.2, 0.25) is 5.02 Å². The van der Waals surface area contributed by atoms with Gasteiger partial charge in [0, 0.05) is 17.2 Å². The lowest BCUT2D eigenvalue weighted by molar-refractivity contribution is 0.0857. The minimum absolute atomic E-state index is 0.00873. The Kier molecular flexibility index (Phi) is 5.20. The first-order valence-electron chi connectivity index (χ1n) is 6.84. The summed E-state index contributed by atoms with van der Waals surface area (Å²) in [6.45, 7) is 12.6. The second kappa shape index (κ2) is 6.13. The van der Waals surface area contributed by atoms with E-state index in [0.29, 0.717) is 23.1 Å². The lowest BCUT2D eigenvalue weighted by Gasteiger charge is -2.20. The van der Waals surface area contributed by atoms with Gasteiger partial charge < -0.3 is 4.74 Å². The molecule has 1 rings (SSSR count). The van der Waals surface area contributed by atoms with E-state index in [1.165, 1.54) is 0 Å². The van der Waals surface area contributed by atoms with Gasteiger partial charge in [-0.1, -0.05) is 53.1 Å². The third-order valence-corrected chi connectivity index (χ3v) is 3.24. The maximum Gasteiger partial charge on any atom is 0.233 e. The summed E-state index contributed by atoms with van der Waals surface area (Å²) in [5.74, 6) is 0.330. The molecule has 0 unspecified atom stereocenters. The van der Waals surface area contributed by atoms with Crippen LogP contribution in [0.3, 0.4) is 0 Å². The van der Waals surface area contributed by atoms with Gasteiger partial charge in [0.05, 0.1) is 6.61 Å². The minimum Gasteiger partial charge on any atom is -0.477 e. The quantitative estimate of drug-likeness (QED) is 0.751. The van der Waals surface area contributed by atoms with Crippen LogP contribution in [-0.2, 0) is 0 Å². The van der Waals surface area contributed by atoms with Gasteiger partial charge in [-0.05, 0) is 17.9 Å². The molecule has 1 aromatic heterocycles. The monoisotopic (exact) mass is 297 g/mol. The number of pyridine rings is 1. The van der Waals surface area contributed by atoms with Crippen LogP contribution < -0.4 is 4.74 Å². The molecule has 0 fully saturated rings. The molecule has 3 nitrogen and oxygen atoms in total. The maximum atomic E-state index is 12.3. The molecule has 0 radical (unpaired) electrons. The SMILES string of the molecule is CC(C)(C)CCOc1nccc(C(=O)C(C)(C)C)c1Cl. The fraction of sp³-hybridized carbons (Fsp3) is 0.625. The number of ketones is 1. The highest BCUT2D eigenvalue weighted by atomic mass is 35.5. The second-order valence-corrected chi connectivity index (χ2v) is 7.59. The lowest BCUT2D eigenvalue weighted by atomic mass is 9.87. The smallest absolute Gasteiger partial charge is 0.233 e. The summed E-state index contributed by atoms with van der Waals surface area (Å²) in [5.41, 5.74) is 0.179. The summed E-state index contributed by atoms with van der Waals surface area (Å²) in [6, 6.07) is 1.65. The van der Waals surface area contributed by atoms with E-state index < -0.39 is 5.41 Å². The Balaban J connectivity index is 2.88. The predicted octanol–water partition coefficient (Wildman–Crippen LogP) is 4.78. The largest absolute Gasteiger partial charge is 0.477 e. The van der Waals surface area contributed by atoms with Crippen molar-refractivity contribution in [2.45, 2.75) is 48.0 Å². The molecule has 4 heteroatoms. The zero-order valence-electron chi connectivity index (χ0n) is 13.2. The van der Waals surface area contributed by atoms with Crippen LogP contribution >= 0.6 is 11.6 Å². The van der Waals surface area contributed by atoms with Crippen molar-refractivity contribution in [3.8, 4) is 5.88 Å². The molecule has 20 heavy (non-hydrogen) atoms. The summed E-state index contributed by atoms with van der Waals surface area (Å²) >= 11 is 6.25. The van der Waals surface area contributed by atoms with E-state index in [4.69, 9.17) is 16.3 Å². The van der Waals surface area contributed by atoms with Crippen molar-refractivity contribution in [2.75, 3.05) is 6.61 Å². The number of ether oxygens (including phenoxy) is 1. The third-order valence-electron chi connectivity index (χ3n) is 2.87. The first-order chi connectivity index (χ1) is 9.02. The number of Topliss-reactive ketones (excluding diaryl/α,β-unsaturated/α-hetero) is 1. The van der Waals surface area contributed by atoms with Gasteiger partial charge in [-0.3, -0.25) is 4.79 Å². The molecule has 0 aromatic carbocycles. The van der Waals surface area contributed by atoms with Gasteiger partial charge in [-0.2, -0.15) is 0 Å². The number of rotatable bonds is 4. The van der Waals surface area contributed by atoms with Crippen LogP contribution in [0.25, 0.3) is 0 Å². The average molecular weight is 298 g/mol.